The molecule has 6 nitrogen and oxygen atoms in total. The predicted octanol–water partition coefficient (Wildman–Crippen LogP) is 8.24. The maximum Gasteiger partial charge on any atom is 0.137 e. The molecule has 2 heterocycles. The summed E-state index contributed by atoms with van der Waals surface area (Å²) in [6, 6.07) is 36.3. The molecule has 228 valence electrons. The highest BCUT2D eigenvalue weighted by molar-refractivity contribution is 6.31. The monoisotopic (exact) mass is 635 g/mol. The van der Waals surface area contributed by atoms with Crippen LogP contribution in [0.4, 0.5) is 0 Å². The number of benzene rings is 4. The second-order valence-electron chi connectivity index (χ2n) is 11.5. The number of halogens is 2. The molecule has 1 N–H and O–H groups in total. The summed E-state index contributed by atoms with van der Waals surface area (Å²) >= 11 is 12.6. The minimum absolute atomic E-state index is 0.174. The molecule has 1 aliphatic carbocycles. The van der Waals surface area contributed by atoms with E-state index in [1.54, 1.807) is 17.2 Å². The van der Waals surface area contributed by atoms with E-state index in [1.807, 2.05) is 67.1 Å². The first kappa shape index (κ1) is 30.8. The maximum absolute atomic E-state index is 11.3. The summed E-state index contributed by atoms with van der Waals surface area (Å²) < 4.78 is 3.81. The molecule has 7 rings (SSSR count). The third-order valence-electron chi connectivity index (χ3n) is 8.83. The number of aliphatic hydroxyl groups is 1. The molecule has 1 fully saturated rings. The van der Waals surface area contributed by atoms with Crippen LogP contribution in [-0.4, -0.2) is 29.4 Å². The highest BCUT2D eigenvalue weighted by atomic mass is 35.5. The summed E-state index contributed by atoms with van der Waals surface area (Å²) in [6.07, 6.45) is 11.2. The van der Waals surface area contributed by atoms with Gasteiger partial charge in [0.1, 0.15) is 23.8 Å². The van der Waals surface area contributed by atoms with Crippen molar-refractivity contribution in [2.24, 2.45) is 11.8 Å². The van der Waals surface area contributed by atoms with Crippen LogP contribution in [0.25, 0.3) is 0 Å². The van der Waals surface area contributed by atoms with Gasteiger partial charge in [0.15, 0.2) is 0 Å². The van der Waals surface area contributed by atoms with Crippen LogP contribution in [0.2, 0.25) is 10.0 Å². The van der Waals surface area contributed by atoms with E-state index in [9.17, 15) is 5.11 Å². The van der Waals surface area contributed by atoms with Gasteiger partial charge in [0.25, 0.3) is 0 Å². The Balaban J connectivity index is 0.000000163. The average Bonchev–Trinajstić information content (AvgIpc) is 3.52. The van der Waals surface area contributed by atoms with Gasteiger partial charge in [0.05, 0.1) is 12.9 Å². The molecule has 4 aromatic carbocycles. The summed E-state index contributed by atoms with van der Waals surface area (Å²) in [4.78, 5) is 8.27. The first-order chi connectivity index (χ1) is 21.9. The number of nitrogens with zero attached hydrogens (tertiary/aromatic N) is 5. The third kappa shape index (κ3) is 6.32. The van der Waals surface area contributed by atoms with Crippen LogP contribution < -0.4 is 0 Å². The Morgan fingerprint density at radius 2 is 1.40 bits per heavy atom. The second-order valence-corrected chi connectivity index (χ2v) is 12.4. The largest absolute Gasteiger partial charge is 0.383 e. The molecule has 0 saturated heterocycles. The molecule has 1 saturated carbocycles. The number of hydrogen-bond acceptors (Lipinski definition) is 4. The van der Waals surface area contributed by atoms with Gasteiger partial charge in [-0.15, -0.1) is 0 Å². The van der Waals surface area contributed by atoms with Gasteiger partial charge in [-0.3, -0.25) is 0 Å². The molecular weight excluding hydrogens is 601 g/mol. The molecule has 1 aliphatic rings. The van der Waals surface area contributed by atoms with Crippen LogP contribution in [0.5, 0.6) is 0 Å². The van der Waals surface area contributed by atoms with Gasteiger partial charge in [-0.25, -0.2) is 14.6 Å². The molecule has 0 amide bonds. The first-order valence-corrected chi connectivity index (χ1v) is 15.8. The fraction of sp³-hybridized carbons (Fsp3) is 0.216. The van der Waals surface area contributed by atoms with E-state index in [4.69, 9.17) is 23.2 Å². The number of aromatic nitrogens is 5. The summed E-state index contributed by atoms with van der Waals surface area (Å²) in [5.74, 6) is 0.757. The Hall–Kier alpha value is -4.23. The summed E-state index contributed by atoms with van der Waals surface area (Å²) in [5.41, 5.74) is 2.64. The van der Waals surface area contributed by atoms with Crippen molar-refractivity contribution in [3.05, 3.63) is 173 Å². The molecule has 2 unspecified atom stereocenters. The Morgan fingerprint density at radius 1 is 0.778 bits per heavy atom. The number of hydrogen-bond donors (Lipinski definition) is 1. The fourth-order valence-corrected chi connectivity index (χ4v) is 6.67. The van der Waals surface area contributed by atoms with Crippen molar-refractivity contribution in [2.45, 2.75) is 37.5 Å². The molecule has 45 heavy (non-hydrogen) atoms. The molecule has 2 atom stereocenters. The normalized spacial score (nSPS) is 15.0. The predicted molar refractivity (Wildman–Crippen MR) is 179 cm³/mol. The van der Waals surface area contributed by atoms with Crippen LogP contribution in [0, 0.1) is 11.8 Å². The zero-order valence-electron chi connectivity index (χ0n) is 25.0. The van der Waals surface area contributed by atoms with Gasteiger partial charge >= 0.3 is 0 Å². The fourth-order valence-electron chi connectivity index (χ4n) is 6.27. The standard InChI is InChI=1S/C22H17ClN2.C15H18ClN3O/c23-21-14-8-7-13-20(21)22(25-16-15-24-17-25,18-9-3-1-4-10-18)19-11-5-2-6-12-19;1-11(12-2-3-12)15(20,8-19-10-17-9-18-19)13-4-6-14(16)7-5-13/h1-17H;4-7,9-12,20H,2-3,8H2,1H3. The average molecular weight is 637 g/mol. The van der Waals surface area contributed by atoms with E-state index in [2.05, 4.69) is 81.2 Å². The summed E-state index contributed by atoms with van der Waals surface area (Å²) in [7, 11) is 0. The zero-order valence-corrected chi connectivity index (χ0v) is 26.5. The molecule has 0 radical (unpaired) electrons. The van der Waals surface area contributed by atoms with E-state index in [1.165, 1.54) is 19.2 Å². The summed E-state index contributed by atoms with van der Waals surface area (Å²) in [5, 5.41) is 16.8. The van der Waals surface area contributed by atoms with E-state index in [0.717, 1.165) is 27.3 Å². The van der Waals surface area contributed by atoms with Gasteiger partial charge in [-0.2, -0.15) is 5.10 Å². The molecular formula is C37H35Cl2N5O. The highest BCUT2D eigenvalue weighted by Gasteiger charge is 2.44. The molecule has 0 aliphatic heterocycles. The van der Waals surface area contributed by atoms with Crippen LogP contribution in [0.1, 0.15) is 42.0 Å². The minimum Gasteiger partial charge on any atom is -0.383 e. The van der Waals surface area contributed by atoms with Crippen molar-refractivity contribution < 1.29 is 5.11 Å². The Morgan fingerprint density at radius 3 is 1.93 bits per heavy atom. The zero-order chi connectivity index (χ0) is 31.3. The molecule has 0 bridgehead atoms. The molecule has 2 aromatic heterocycles. The minimum atomic E-state index is -0.945. The lowest BCUT2D eigenvalue weighted by Gasteiger charge is -2.37. The lowest BCUT2D eigenvalue weighted by Crippen LogP contribution is -2.39. The van der Waals surface area contributed by atoms with Crippen molar-refractivity contribution in [1.29, 1.82) is 0 Å². The van der Waals surface area contributed by atoms with E-state index in [-0.39, 0.29) is 5.92 Å². The van der Waals surface area contributed by atoms with Gasteiger partial charge < -0.3 is 9.67 Å². The smallest absolute Gasteiger partial charge is 0.137 e. The van der Waals surface area contributed by atoms with Crippen LogP contribution in [0.15, 0.2) is 141 Å². The lowest BCUT2D eigenvalue weighted by atomic mass is 9.76. The van der Waals surface area contributed by atoms with Crippen molar-refractivity contribution in [3.63, 3.8) is 0 Å². The van der Waals surface area contributed by atoms with Gasteiger partial charge in [-0.1, -0.05) is 121 Å². The van der Waals surface area contributed by atoms with Crippen LogP contribution >= 0.6 is 23.2 Å². The van der Waals surface area contributed by atoms with Crippen molar-refractivity contribution >= 4 is 23.2 Å². The Labute approximate surface area is 274 Å². The van der Waals surface area contributed by atoms with E-state index < -0.39 is 11.1 Å². The van der Waals surface area contributed by atoms with E-state index in [0.29, 0.717) is 17.5 Å². The first-order valence-electron chi connectivity index (χ1n) is 15.1. The highest BCUT2D eigenvalue weighted by Crippen LogP contribution is 2.47. The van der Waals surface area contributed by atoms with Gasteiger partial charge in [0.2, 0.25) is 0 Å². The lowest BCUT2D eigenvalue weighted by molar-refractivity contribution is -0.0442. The van der Waals surface area contributed by atoms with Gasteiger partial charge in [-0.05, 0) is 59.6 Å². The quantitative estimate of drug-likeness (QED) is 0.162. The maximum atomic E-state index is 11.3. The SMILES string of the molecule is CC(C1CC1)C(O)(Cn1cncn1)c1ccc(Cl)cc1.Clc1ccccc1C(c1ccccc1)(c1ccccc1)n1ccnc1. The molecule has 8 heteroatoms. The summed E-state index contributed by atoms with van der Waals surface area (Å²) in [6.45, 7) is 2.52. The van der Waals surface area contributed by atoms with Crippen molar-refractivity contribution in [1.82, 2.24) is 24.3 Å². The van der Waals surface area contributed by atoms with Crippen LogP contribution in [-0.2, 0) is 17.7 Å². The van der Waals surface area contributed by atoms with E-state index >= 15 is 0 Å². The number of rotatable bonds is 9. The van der Waals surface area contributed by atoms with Crippen molar-refractivity contribution in [3.8, 4) is 0 Å². The molecule has 6 aromatic rings. The number of imidazole rings is 1. The Bertz CT molecular complexity index is 1730. The topological polar surface area (TPSA) is 68.8 Å². The van der Waals surface area contributed by atoms with Crippen molar-refractivity contribution in [2.75, 3.05) is 0 Å². The second kappa shape index (κ2) is 13.4. The Kier molecular flexibility index (Phi) is 9.17. The van der Waals surface area contributed by atoms with Gasteiger partial charge in [0, 0.05) is 28.0 Å². The molecule has 0 spiro atoms. The third-order valence-corrected chi connectivity index (χ3v) is 9.42. The van der Waals surface area contributed by atoms with Crippen LogP contribution in [0.3, 0.4) is 0 Å².